The van der Waals surface area contributed by atoms with Crippen LogP contribution < -0.4 is 0 Å². The molecule has 3 heteroatoms. The van der Waals surface area contributed by atoms with Crippen LogP contribution in [0.4, 0.5) is 0 Å². The second-order valence-electron chi connectivity index (χ2n) is 2.09. The smallest absolute Gasteiger partial charge is 0.126 e. The fourth-order valence-electron chi connectivity index (χ4n) is 0.948. The first-order valence-electron chi connectivity index (χ1n) is 3.23. The first kappa shape index (κ1) is 6.68. The molecule has 1 nitrogen and oxygen atoms in total. The third-order valence-corrected chi connectivity index (χ3v) is 4.42. The summed E-state index contributed by atoms with van der Waals surface area (Å²) in [4.78, 5) is 0. The van der Waals surface area contributed by atoms with Crippen molar-refractivity contribution in [3.8, 4) is 0 Å². The average Bonchev–Trinajstić information content (AvgIpc) is 2.59. The molecule has 0 aliphatic carbocycles. The molecule has 1 saturated heterocycles. The largest absolute Gasteiger partial charge is 0.467 e. The van der Waals surface area contributed by atoms with Gasteiger partial charge in [0.05, 0.1) is 6.26 Å². The molecular formula is C7H8OS2. The lowest BCUT2D eigenvalue weighted by Crippen LogP contribution is -1.77. The van der Waals surface area contributed by atoms with Crippen molar-refractivity contribution < 1.29 is 4.42 Å². The maximum absolute atomic E-state index is 5.28. The van der Waals surface area contributed by atoms with Crippen LogP contribution in [0.2, 0.25) is 0 Å². The zero-order chi connectivity index (χ0) is 6.81. The summed E-state index contributed by atoms with van der Waals surface area (Å²) in [6.07, 6.45) is 1.74. The zero-order valence-electron chi connectivity index (χ0n) is 5.45. The van der Waals surface area contributed by atoms with Gasteiger partial charge in [-0.1, -0.05) is 0 Å². The predicted octanol–water partition coefficient (Wildman–Crippen LogP) is 2.76. The highest BCUT2D eigenvalue weighted by Crippen LogP contribution is 2.45. The summed E-state index contributed by atoms with van der Waals surface area (Å²) < 4.78 is 5.84. The molecule has 0 radical (unpaired) electrons. The van der Waals surface area contributed by atoms with E-state index in [0.29, 0.717) is 4.58 Å². The van der Waals surface area contributed by atoms with Crippen molar-refractivity contribution in [1.29, 1.82) is 0 Å². The van der Waals surface area contributed by atoms with E-state index in [4.69, 9.17) is 4.42 Å². The van der Waals surface area contributed by atoms with E-state index in [1.54, 1.807) is 6.26 Å². The Labute approximate surface area is 68.6 Å². The molecular weight excluding hydrogens is 164 g/mol. The van der Waals surface area contributed by atoms with E-state index >= 15 is 0 Å². The average molecular weight is 172 g/mol. The molecule has 0 amide bonds. The van der Waals surface area contributed by atoms with E-state index in [1.165, 1.54) is 11.5 Å². The summed E-state index contributed by atoms with van der Waals surface area (Å²) in [6, 6.07) is 4.00. The van der Waals surface area contributed by atoms with Crippen LogP contribution in [-0.2, 0) is 0 Å². The molecule has 1 aromatic rings. The lowest BCUT2D eigenvalue weighted by atomic mass is 10.5. The van der Waals surface area contributed by atoms with Gasteiger partial charge in [-0.25, -0.2) is 0 Å². The number of hydrogen-bond donors (Lipinski definition) is 0. The van der Waals surface area contributed by atoms with Crippen LogP contribution >= 0.6 is 23.5 Å². The minimum Gasteiger partial charge on any atom is -0.467 e. The second-order valence-corrected chi connectivity index (χ2v) is 4.81. The molecule has 1 aliphatic heterocycles. The first-order chi connectivity index (χ1) is 4.97. The highest BCUT2D eigenvalue weighted by molar-refractivity contribution is 8.19. The minimum absolute atomic E-state index is 0.565. The number of hydrogen-bond acceptors (Lipinski definition) is 3. The van der Waals surface area contributed by atoms with E-state index in [2.05, 4.69) is 6.07 Å². The molecule has 0 unspecified atom stereocenters. The van der Waals surface area contributed by atoms with Crippen LogP contribution in [-0.4, -0.2) is 11.5 Å². The Morgan fingerprint density at radius 2 is 2.20 bits per heavy atom. The normalized spacial score (nSPS) is 20.0. The Balaban J connectivity index is 2.12. The predicted molar refractivity (Wildman–Crippen MR) is 46.4 cm³/mol. The van der Waals surface area contributed by atoms with E-state index in [-0.39, 0.29) is 0 Å². The van der Waals surface area contributed by atoms with Gasteiger partial charge in [0, 0.05) is 11.5 Å². The Kier molecular flexibility index (Phi) is 1.95. The molecule has 2 heterocycles. The van der Waals surface area contributed by atoms with E-state index in [9.17, 15) is 0 Å². The quantitative estimate of drug-likeness (QED) is 0.646. The maximum atomic E-state index is 5.28. The van der Waals surface area contributed by atoms with Gasteiger partial charge in [0.2, 0.25) is 0 Å². The Bertz CT molecular complexity index is 189. The van der Waals surface area contributed by atoms with Crippen molar-refractivity contribution in [3.05, 3.63) is 24.2 Å². The molecule has 0 atom stereocenters. The molecule has 0 aromatic carbocycles. The summed E-state index contributed by atoms with van der Waals surface area (Å²) in [6.45, 7) is 0. The van der Waals surface area contributed by atoms with Crippen molar-refractivity contribution in [2.75, 3.05) is 11.5 Å². The summed E-state index contributed by atoms with van der Waals surface area (Å²) in [7, 11) is 0. The van der Waals surface area contributed by atoms with E-state index in [1.807, 2.05) is 29.6 Å². The van der Waals surface area contributed by atoms with Crippen LogP contribution in [0.1, 0.15) is 10.3 Å². The minimum atomic E-state index is 0.565. The number of thioether (sulfide) groups is 2. The summed E-state index contributed by atoms with van der Waals surface area (Å²) >= 11 is 3.94. The molecule has 2 rings (SSSR count). The molecule has 54 valence electrons. The van der Waals surface area contributed by atoms with Crippen molar-refractivity contribution in [2.24, 2.45) is 0 Å². The molecule has 0 bridgehead atoms. The van der Waals surface area contributed by atoms with Gasteiger partial charge >= 0.3 is 0 Å². The van der Waals surface area contributed by atoms with Gasteiger partial charge in [0.15, 0.2) is 0 Å². The monoisotopic (exact) mass is 172 g/mol. The molecule has 0 spiro atoms. The molecule has 0 N–H and O–H groups in total. The lowest BCUT2D eigenvalue weighted by Gasteiger charge is -2.00. The topological polar surface area (TPSA) is 13.1 Å². The van der Waals surface area contributed by atoms with Gasteiger partial charge in [-0.2, -0.15) is 0 Å². The fourth-order valence-corrected chi connectivity index (χ4v) is 3.71. The molecule has 10 heavy (non-hydrogen) atoms. The third kappa shape index (κ3) is 1.20. The van der Waals surface area contributed by atoms with Crippen LogP contribution in [0.5, 0.6) is 0 Å². The SMILES string of the molecule is c1coc(C2SCCS2)c1. The first-order valence-corrected chi connectivity index (χ1v) is 5.33. The standard InChI is InChI=1S/C7H8OS2/c1-2-6(8-3-1)7-9-4-5-10-7/h1-3,7H,4-5H2. The van der Waals surface area contributed by atoms with Crippen LogP contribution in [0.15, 0.2) is 22.8 Å². The second kappa shape index (κ2) is 2.93. The highest BCUT2D eigenvalue weighted by Gasteiger charge is 2.19. The van der Waals surface area contributed by atoms with Crippen LogP contribution in [0.25, 0.3) is 0 Å². The van der Waals surface area contributed by atoms with Crippen molar-refractivity contribution >= 4 is 23.5 Å². The van der Waals surface area contributed by atoms with Crippen molar-refractivity contribution in [1.82, 2.24) is 0 Å². The number of rotatable bonds is 1. The van der Waals surface area contributed by atoms with Gasteiger partial charge in [0.1, 0.15) is 10.3 Å². The van der Waals surface area contributed by atoms with Crippen LogP contribution in [0, 0.1) is 0 Å². The Hall–Kier alpha value is -0.0200. The highest BCUT2D eigenvalue weighted by atomic mass is 32.2. The lowest BCUT2D eigenvalue weighted by molar-refractivity contribution is 0.529. The Morgan fingerprint density at radius 3 is 2.80 bits per heavy atom. The molecule has 1 aliphatic rings. The van der Waals surface area contributed by atoms with E-state index in [0.717, 1.165) is 5.76 Å². The van der Waals surface area contributed by atoms with Crippen LogP contribution in [0.3, 0.4) is 0 Å². The van der Waals surface area contributed by atoms with Crippen molar-refractivity contribution in [3.63, 3.8) is 0 Å². The maximum Gasteiger partial charge on any atom is 0.126 e. The Morgan fingerprint density at radius 1 is 1.40 bits per heavy atom. The van der Waals surface area contributed by atoms with Gasteiger partial charge in [-0.15, -0.1) is 23.5 Å². The summed E-state index contributed by atoms with van der Waals surface area (Å²) in [5.41, 5.74) is 0. The van der Waals surface area contributed by atoms with Gasteiger partial charge < -0.3 is 4.42 Å². The molecule has 1 aromatic heterocycles. The van der Waals surface area contributed by atoms with E-state index < -0.39 is 0 Å². The summed E-state index contributed by atoms with van der Waals surface area (Å²) in [5, 5.41) is 0. The number of furan rings is 1. The van der Waals surface area contributed by atoms with Gasteiger partial charge in [0.25, 0.3) is 0 Å². The molecule has 0 saturated carbocycles. The fraction of sp³-hybridized carbons (Fsp3) is 0.429. The summed E-state index contributed by atoms with van der Waals surface area (Å²) in [5.74, 6) is 3.64. The van der Waals surface area contributed by atoms with Crippen molar-refractivity contribution in [2.45, 2.75) is 4.58 Å². The molecule has 1 fully saturated rings. The zero-order valence-corrected chi connectivity index (χ0v) is 7.08. The van der Waals surface area contributed by atoms with Gasteiger partial charge in [-0.05, 0) is 12.1 Å². The third-order valence-electron chi connectivity index (χ3n) is 1.40. The van der Waals surface area contributed by atoms with Gasteiger partial charge in [-0.3, -0.25) is 0 Å².